The Hall–Kier alpha value is -2.53. The second kappa shape index (κ2) is 10.7. The van der Waals surface area contributed by atoms with Crippen molar-refractivity contribution in [2.24, 2.45) is 0 Å². The molecule has 2 aromatic carbocycles. The Balaban J connectivity index is 2.04. The predicted molar refractivity (Wildman–Crippen MR) is 114 cm³/mol. The lowest BCUT2D eigenvalue weighted by Crippen LogP contribution is -2.38. The van der Waals surface area contributed by atoms with Gasteiger partial charge in [0.05, 0.1) is 13.2 Å². The van der Waals surface area contributed by atoms with Crippen LogP contribution in [0.2, 0.25) is 0 Å². The van der Waals surface area contributed by atoms with Crippen molar-refractivity contribution in [1.82, 2.24) is 15.1 Å². The van der Waals surface area contributed by atoms with E-state index in [0.29, 0.717) is 6.54 Å². The molecule has 0 spiro atoms. The van der Waals surface area contributed by atoms with Gasteiger partial charge in [0.2, 0.25) is 0 Å². The van der Waals surface area contributed by atoms with Gasteiger partial charge in [0.15, 0.2) is 0 Å². The lowest BCUT2D eigenvalue weighted by molar-refractivity contribution is 0.193. The number of methoxy groups -OCH3 is 1. The molecule has 0 fully saturated rings. The first-order chi connectivity index (χ1) is 13.5. The maximum atomic E-state index is 12.7. The van der Waals surface area contributed by atoms with Gasteiger partial charge in [0, 0.05) is 25.7 Å². The van der Waals surface area contributed by atoms with Crippen molar-refractivity contribution in [3.8, 4) is 5.75 Å². The molecule has 0 aliphatic rings. The summed E-state index contributed by atoms with van der Waals surface area (Å²) in [5.74, 6) is 0.791. The Morgan fingerprint density at radius 3 is 2.29 bits per heavy atom. The van der Waals surface area contributed by atoms with Gasteiger partial charge in [-0.3, -0.25) is 4.90 Å². The zero-order valence-corrected chi connectivity index (χ0v) is 17.7. The van der Waals surface area contributed by atoms with Gasteiger partial charge >= 0.3 is 6.03 Å². The van der Waals surface area contributed by atoms with Gasteiger partial charge in [-0.1, -0.05) is 56.3 Å². The predicted octanol–water partition coefficient (Wildman–Crippen LogP) is 4.44. The molecule has 0 aliphatic carbocycles. The molecular weight excluding hydrogens is 350 g/mol. The Morgan fingerprint density at radius 1 is 1.04 bits per heavy atom. The Kier molecular flexibility index (Phi) is 8.33. The maximum absolute atomic E-state index is 12.7. The van der Waals surface area contributed by atoms with Gasteiger partial charge < -0.3 is 15.0 Å². The summed E-state index contributed by atoms with van der Waals surface area (Å²) in [5.41, 5.74) is 3.40. The van der Waals surface area contributed by atoms with Gasteiger partial charge in [-0.15, -0.1) is 0 Å². The van der Waals surface area contributed by atoms with Crippen LogP contribution >= 0.6 is 0 Å². The molecule has 0 aromatic heterocycles. The molecular formula is C23H33N3O2. The molecule has 0 aliphatic heterocycles. The normalized spacial score (nSPS) is 11.9. The topological polar surface area (TPSA) is 44.8 Å². The lowest BCUT2D eigenvalue weighted by Gasteiger charge is -2.27. The highest BCUT2D eigenvalue weighted by Crippen LogP contribution is 2.28. The fraction of sp³-hybridized carbons (Fsp3) is 0.435. The fourth-order valence-corrected chi connectivity index (χ4v) is 3.26. The highest BCUT2D eigenvalue weighted by Gasteiger charge is 2.20. The molecule has 1 unspecified atom stereocenters. The van der Waals surface area contributed by atoms with Crippen molar-refractivity contribution in [1.29, 1.82) is 0 Å². The van der Waals surface area contributed by atoms with Crippen LogP contribution in [0.15, 0.2) is 48.5 Å². The van der Waals surface area contributed by atoms with Crippen LogP contribution in [0, 0.1) is 0 Å². The Morgan fingerprint density at radius 2 is 1.64 bits per heavy atom. The average Bonchev–Trinajstić information content (AvgIpc) is 2.75. The molecule has 152 valence electrons. The van der Waals surface area contributed by atoms with Crippen LogP contribution in [0.3, 0.4) is 0 Å². The zero-order chi connectivity index (χ0) is 20.5. The number of urea groups is 1. The van der Waals surface area contributed by atoms with E-state index in [0.717, 1.165) is 36.5 Å². The van der Waals surface area contributed by atoms with E-state index in [2.05, 4.69) is 42.3 Å². The summed E-state index contributed by atoms with van der Waals surface area (Å²) >= 11 is 0. The van der Waals surface area contributed by atoms with Crippen LogP contribution in [-0.4, -0.2) is 43.1 Å². The summed E-state index contributed by atoms with van der Waals surface area (Å²) in [4.78, 5) is 16.8. The van der Waals surface area contributed by atoms with Crippen molar-refractivity contribution < 1.29 is 9.53 Å². The first-order valence-corrected chi connectivity index (χ1v) is 9.94. The number of nitrogens with zero attached hydrogens (tertiary/aromatic N) is 2. The number of hydrogen-bond acceptors (Lipinski definition) is 3. The molecule has 2 aromatic rings. The van der Waals surface area contributed by atoms with Crippen LogP contribution in [0.5, 0.6) is 5.75 Å². The first-order valence-electron chi connectivity index (χ1n) is 9.94. The first kappa shape index (κ1) is 21.8. The van der Waals surface area contributed by atoms with E-state index in [1.54, 1.807) is 12.0 Å². The minimum Gasteiger partial charge on any atom is -0.496 e. The molecule has 5 heteroatoms. The van der Waals surface area contributed by atoms with Crippen molar-refractivity contribution in [2.75, 3.05) is 27.2 Å². The van der Waals surface area contributed by atoms with Crippen LogP contribution in [0.25, 0.3) is 0 Å². The third-order valence-corrected chi connectivity index (χ3v) is 5.33. The van der Waals surface area contributed by atoms with Gasteiger partial charge in [0.1, 0.15) is 5.75 Å². The van der Waals surface area contributed by atoms with E-state index in [9.17, 15) is 4.79 Å². The Labute approximate surface area is 169 Å². The van der Waals surface area contributed by atoms with Gasteiger partial charge in [-0.25, -0.2) is 4.79 Å². The van der Waals surface area contributed by atoms with Crippen molar-refractivity contribution >= 4 is 6.03 Å². The molecule has 0 saturated carbocycles. The standard InChI is InChI=1S/C23H33N3O2/c1-6-26(7-2)17-20-13-9-8-12-19(20)16-24-23(27)25(4)18(3)21-14-10-11-15-22(21)28-5/h8-15,18H,6-7,16-17H2,1-5H3,(H,24,27). The molecule has 0 saturated heterocycles. The molecule has 1 N–H and O–H groups in total. The van der Waals surface area contributed by atoms with Crippen LogP contribution in [0.4, 0.5) is 4.79 Å². The summed E-state index contributed by atoms with van der Waals surface area (Å²) in [6, 6.07) is 15.9. The van der Waals surface area contributed by atoms with E-state index < -0.39 is 0 Å². The highest BCUT2D eigenvalue weighted by molar-refractivity contribution is 5.74. The fourth-order valence-electron chi connectivity index (χ4n) is 3.26. The minimum atomic E-state index is -0.101. The second-order valence-electron chi connectivity index (χ2n) is 6.92. The average molecular weight is 384 g/mol. The molecule has 0 heterocycles. The molecule has 28 heavy (non-hydrogen) atoms. The highest BCUT2D eigenvalue weighted by atomic mass is 16.5. The van der Waals surface area contributed by atoms with E-state index in [1.165, 1.54) is 5.56 Å². The van der Waals surface area contributed by atoms with Crippen molar-refractivity contribution in [2.45, 2.75) is 39.9 Å². The minimum absolute atomic E-state index is 0.0953. The Bertz CT molecular complexity index is 759. The zero-order valence-electron chi connectivity index (χ0n) is 17.7. The second-order valence-corrected chi connectivity index (χ2v) is 6.92. The quantitative estimate of drug-likeness (QED) is 0.696. The number of carbonyl (C=O) groups is 1. The number of nitrogens with one attached hydrogen (secondary N) is 1. The number of carbonyl (C=O) groups excluding carboxylic acids is 1. The SMILES string of the molecule is CCN(CC)Cc1ccccc1CNC(=O)N(C)C(C)c1ccccc1OC. The van der Waals surface area contributed by atoms with Gasteiger partial charge in [0.25, 0.3) is 0 Å². The van der Waals surface area contributed by atoms with Crippen LogP contribution in [0.1, 0.15) is 43.5 Å². The monoisotopic (exact) mass is 383 g/mol. The summed E-state index contributed by atoms with van der Waals surface area (Å²) < 4.78 is 5.44. The summed E-state index contributed by atoms with van der Waals surface area (Å²) in [6.45, 7) is 9.77. The number of benzene rings is 2. The molecule has 2 rings (SSSR count). The van der Waals surface area contributed by atoms with Crippen molar-refractivity contribution in [3.63, 3.8) is 0 Å². The molecule has 2 amide bonds. The summed E-state index contributed by atoms with van der Waals surface area (Å²) in [6.07, 6.45) is 0. The van der Waals surface area contributed by atoms with E-state index in [4.69, 9.17) is 4.74 Å². The molecule has 1 atom stereocenters. The third-order valence-electron chi connectivity index (χ3n) is 5.33. The van der Waals surface area contributed by atoms with Gasteiger partial charge in [-0.05, 0) is 37.2 Å². The van der Waals surface area contributed by atoms with Crippen LogP contribution in [-0.2, 0) is 13.1 Å². The number of ether oxygens (including phenoxy) is 1. The van der Waals surface area contributed by atoms with Crippen LogP contribution < -0.4 is 10.1 Å². The lowest BCUT2D eigenvalue weighted by atomic mass is 10.1. The smallest absolute Gasteiger partial charge is 0.317 e. The van der Waals surface area contributed by atoms with E-state index in [-0.39, 0.29) is 12.1 Å². The van der Waals surface area contributed by atoms with Gasteiger partial charge in [-0.2, -0.15) is 0 Å². The maximum Gasteiger partial charge on any atom is 0.317 e. The number of amides is 2. The van der Waals surface area contributed by atoms with Crippen molar-refractivity contribution in [3.05, 3.63) is 65.2 Å². The summed E-state index contributed by atoms with van der Waals surface area (Å²) in [5, 5.41) is 3.06. The molecule has 5 nitrogen and oxygen atoms in total. The molecule has 0 radical (unpaired) electrons. The van der Waals surface area contributed by atoms with E-state index >= 15 is 0 Å². The number of para-hydroxylation sites is 1. The number of hydrogen-bond donors (Lipinski definition) is 1. The number of rotatable bonds is 9. The largest absolute Gasteiger partial charge is 0.496 e. The third kappa shape index (κ3) is 5.49. The molecule has 0 bridgehead atoms. The summed E-state index contributed by atoms with van der Waals surface area (Å²) in [7, 11) is 3.46. The van der Waals surface area contributed by atoms with E-state index in [1.807, 2.05) is 44.3 Å².